The SMILES string of the molecule is COCC1CCN(c2ccc(N)cc2F)C1. The molecule has 0 spiro atoms. The van der Waals surface area contributed by atoms with Gasteiger partial charge in [-0.25, -0.2) is 4.39 Å². The lowest BCUT2D eigenvalue weighted by Crippen LogP contribution is -2.22. The zero-order valence-electron chi connectivity index (χ0n) is 9.45. The molecule has 0 aliphatic carbocycles. The van der Waals surface area contributed by atoms with Gasteiger partial charge in [0.15, 0.2) is 0 Å². The number of anilines is 2. The highest BCUT2D eigenvalue weighted by Crippen LogP contribution is 2.27. The van der Waals surface area contributed by atoms with Gasteiger partial charge in [0.2, 0.25) is 0 Å². The number of ether oxygens (including phenoxy) is 1. The fourth-order valence-corrected chi connectivity index (χ4v) is 2.20. The molecule has 3 nitrogen and oxygen atoms in total. The van der Waals surface area contributed by atoms with Crippen molar-refractivity contribution in [3.63, 3.8) is 0 Å². The van der Waals surface area contributed by atoms with E-state index in [0.29, 0.717) is 17.3 Å². The molecule has 0 saturated carbocycles. The van der Waals surface area contributed by atoms with E-state index in [-0.39, 0.29) is 5.82 Å². The summed E-state index contributed by atoms with van der Waals surface area (Å²) in [6, 6.07) is 4.86. The maximum absolute atomic E-state index is 13.7. The van der Waals surface area contributed by atoms with Crippen LogP contribution in [0, 0.1) is 11.7 Å². The van der Waals surface area contributed by atoms with Crippen molar-refractivity contribution in [1.29, 1.82) is 0 Å². The van der Waals surface area contributed by atoms with Crippen LogP contribution in [0.15, 0.2) is 18.2 Å². The van der Waals surface area contributed by atoms with Gasteiger partial charge < -0.3 is 15.4 Å². The quantitative estimate of drug-likeness (QED) is 0.797. The predicted molar refractivity (Wildman–Crippen MR) is 63.0 cm³/mol. The van der Waals surface area contributed by atoms with E-state index in [1.807, 2.05) is 0 Å². The van der Waals surface area contributed by atoms with Crippen LogP contribution in [0.5, 0.6) is 0 Å². The van der Waals surface area contributed by atoms with Crippen LogP contribution in [-0.4, -0.2) is 26.8 Å². The lowest BCUT2D eigenvalue weighted by molar-refractivity contribution is 0.161. The number of methoxy groups -OCH3 is 1. The Balaban J connectivity index is 2.08. The summed E-state index contributed by atoms with van der Waals surface area (Å²) in [5.41, 5.74) is 6.64. The Hall–Kier alpha value is -1.29. The van der Waals surface area contributed by atoms with Crippen molar-refractivity contribution in [3.05, 3.63) is 24.0 Å². The molecule has 2 rings (SSSR count). The van der Waals surface area contributed by atoms with Gasteiger partial charge in [-0.05, 0) is 24.6 Å². The normalized spacial score (nSPS) is 20.4. The molecule has 1 heterocycles. The predicted octanol–water partition coefficient (Wildman–Crippen LogP) is 1.88. The van der Waals surface area contributed by atoms with Crippen LogP contribution in [-0.2, 0) is 4.74 Å². The first kappa shape index (κ1) is 11.2. The smallest absolute Gasteiger partial charge is 0.148 e. The molecule has 1 aliphatic heterocycles. The van der Waals surface area contributed by atoms with Gasteiger partial charge in [0, 0.05) is 31.8 Å². The van der Waals surface area contributed by atoms with Crippen molar-refractivity contribution in [3.8, 4) is 0 Å². The first-order chi connectivity index (χ1) is 7.70. The molecule has 1 atom stereocenters. The summed E-state index contributed by atoms with van der Waals surface area (Å²) in [4.78, 5) is 2.05. The first-order valence-electron chi connectivity index (χ1n) is 5.49. The minimum atomic E-state index is -0.238. The van der Waals surface area contributed by atoms with Crippen molar-refractivity contribution < 1.29 is 9.13 Å². The number of halogens is 1. The average molecular weight is 224 g/mol. The van der Waals surface area contributed by atoms with Crippen LogP contribution in [0.3, 0.4) is 0 Å². The summed E-state index contributed by atoms with van der Waals surface area (Å²) in [5.74, 6) is 0.264. The van der Waals surface area contributed by atoms with Gasteiger partial charge in [-0.1, -0.05) is 0 Å². The van der Waals surface area contributed by atoms with Gasteiger partial charge in [-0.15, -0.1) is 0 Å². The first-order valence-corrected chi connectivity index (χ1v) is 5.49. The van der Waals surface area contributed by atoms with Crippen molar-refractivity contribution in [1.82, 2.24) is 0 Å². The van der Waals surface area contributed by atoms with Gasteiger partial charge in [0.1, 0.15) is 5.82 Å². The second kappa shape index (κ2) is 4.70. The van der Waals surface area contributed by atoms with E-state index >= 15 is 0 Å². The van der Waals surface area contributed by atoms with Gasteiger partial charge in [0.25, 0.3) is 0 Å². The van der Waals surface area contributed by atoms with Gasteiger partial charge in [-0.2, -0.15) is 0 Å². The lowest BCUT2D eigenvalue weighted by Gasteiger charge is -2.19. The molecule has 1 saturated heterocycles. The minimum absolute atomic E-state index is 0.238. The molecule has 1 aromatic carbocycles. The molecule has 4 heteroatoms. The molecule has 1 fully saturated rings. The van der Waals surface area contributed by atoms with Gasteiger partial charge in [-0.3, -0.25) is 0 Å². The number of rotatable bonds is 3. The van der Waals surface area contributed by atoms with Crippen molar-refractivity contribution in [2.24, 2.45) is 5.92 Å². The molecule has 0 bridgehead atoms. The van der Waals surface area contributed by atoms with Crippen molar-refractivity contribution >= 4 is 11.4 Å². The third-order valence-electron chi connectivity index (χ3n) is 3.00. The van der Waals surface area contributed by atoms with E-state index in [1.54, 1.807) is 19.2 Å². The highest BCUT2D eigenvalue weighted by Gasteiger charge is 2.24. The van der Waals surface area contributed by atoms with E-state index in [4.69, 9.17) is 10.5 Å². The highest BCUT2D eigenvalue weighted by molar-refractivity contribution is 5.55. The van der Waals surface area contributed by atoms with E-state index < -0.39 is 0 Å². The Bertz CT molecular complexity index is 370. The van der Waals surface area contributed by atoms with E-state index in [0.717, 1.165) is 26.1 Å². The number of benzene rings is 1. The Morgan fingerprint density at radius 3 is 3.06 bits per heavy atom. The topological polar surface area (TPSA) is 38.5 Å². The number of nitrogen functional groups attached to an aromatic ring is 1. The van der Waals surface area contributed by atoms with Crippen LogP contribution in [0.2, 0.25) is 0 Å². The Kier molecular flexibility index (Phi) is 3.29. The molecule has 0 radical (unpaired) electrons. The molecular formula is C12H17FN2O. The fourth-order valence-electron chi connectivity index (χ4n) is 2.20. The zero-order valence-corrected chi connectivity index (χ0v) is 9.45. The molecule has 16 heavy (non-hydrogen) atoms. The van der Waals surface area contributed by atoms with Crippen molar-refractivity contribution in [2.75, 3.05) is 37.4 Å². The maximum Gasteiger partial charge on any atom is 0.148 e. The summed E-state index contributed by atoms with van der Waals surface area (Å²) >= 11 is 0. The highest BCUT2D eigenvalue weighted by atomic mass is 19.1. The molecular weight excluding hydrogens is 207 g/mol. The van der Waals surface area contributed by atoms with Crippen LogP contribution < -0.4 is 10.6 Å². The zero-order chi connectivity index (χ0) is 11.5. The number of nitrogens with two attached hydrogens (primary N) is 1. The molecule has 88 valence electrons. The fraction of sp³-hybridized carbons (Fsp3) is 0.500. The van der Waals surface area contributed by atoms with Gasteiger partial charge in [0.05, 0.1) is 12.3 Å². The maximum atomic E-state index is 13.7. The monoisotopic (exact) mass is 224 g/mol. The second-order valence-corrected chi connectivity index (χ2v) is 4.27. The van der Waals surface area contributed by atoms with Gasteiger partial charge >= 0.3 is 0 Å². The van der Waals surface area contributed by atoms with E-state index in [1.165, 1.54) is 6.07 Å². The standard InChI is InChI=1S/C12H17FN2O/c1-16-8-9-4-5-15(7-9)12-3-2-10(14)6-11(12)13/h2-3,6,9H,4-5,7-8,14H2,1H3. The number of hydrogen-bond acceptors (Lipinski definition) is 3. The van der Waals surface area contributed by atoms with Crippen LogP contribution in [0.4, 0.5) is 15.8 Å². The lowest BCUT2D eigenvalue weighted by atomic mass is 10.1. The molecule has 0 amide bonds. The summed E-state index contributed by atoms with van der Waals surface area (Å²) in [6.07, 6.45) is 1.05. The second-order valence-electron chi connectivity index (χ2n) is 4.27. The molecule has 1 aliphatic rings. The summed E-state index contributed by atoms with van der Waals surface area (Å²) in [5, 5.41) is 0. The van der Waals surface area contributed by atoms with E-state index in [9.17, 15) is 4.39 Å². The number of nitrogens with zero attached hydrogens (tertiary/aromatic N) is 1. The van der Waals surface area contributed by atoms with E-state index in [2.05, 4.69) is 4.90 Å². The molecule has 1 unspecified atom stereocenters. The summed E-state index contributed by atoms with van der Waals surface area (Å²) in [7, 11) is 1.70. The molecule has 0 aromatic heterocycles. The van der Waals surface area contributed by atoms with Crippen LogP contribution in [0.25, 0.3) is 0 Å². The molecule has 2 N–H and O–H groups in total. The molecule has 1 aromatic rings. The average Bonchev–Trinajstić information content (AvgIpc) is 2.67. The number of hydrogen-bond donors (Lipinski definition) is 1. The summed E-state index contributed by atoms with van der Waals surface area (Å²) < 4.78 is 18.8. The minimum Gasteiger partial charge on any atom is -0.399 e. The Labute approximate surface area is 95.0 Å². The third-order valence-corrected chi connectivity index (χ3v) is 3.00. The van der Waals surface area contributed by atoms with Crippen molar-refractivity contribution in [2.45, 2.75) is 6.42 Å². The van der Waals surface area contributed by atoms with Crippen LogP contribution >= 0.6 is 0 Å². The Morgan fingerprint density at radius 2 is 2.38 bits per heavy atom. The third kappa shape index (κ3) is 2.27. The largest absolute Gasteiger partial charge is 0.399 e. The summed E-state index contributed by atoms with van der Waals surface area (Å²) in [6.45, 7) is 2.48. The van der Waals surface area contributed by atoms with Crippen LogP contribution in [0.1, 0.15) is 6.42 Å². The Morgan fingerprint density at radius 1 is 1.56 bits per heavy atom.